The van der Waals surface area contributed by atoms with Crippen molar-refractivity contribution in [2.24, 2.45) is 5.16 Å². The molecule has 1 unspecified atom stereocenters. The second-order valence-corrected chi connectivity index (χ2v) is 1.79. The summed E-state index contributed by atoms with van der Waals surface area (Å²) < 4.78 is 0. The molecule has 0 aromatic rings. The third kappa shape index (κ3) is 0.943. The van der Waals surface area contributed by atoms with Crippen LogP contribution in [0.4, 0.5) is 0 Å². The predicted molar refractivity (Wildman–Crippen MR) is 30.6 cm³/mol. The molecule has 1 rings (SSSR count). The van der Waals surface area contributed by atoms with E-state index in [0.717, 1.165) is 0 Å². The Hall–Kier alpha value is -1.81. The molecule has 66 valence electrons. The summed E-state index contributed by atoms with van der Waals surface area (Å²) in [6, 6.07) is 0. The Kier molecular flexibility index (Phi) is 1.62. The minimum absolute atomic E-state index is 1.22. The van der Waals surface area contributed by atoms with Crippen LogP contribution in [0, 0.1) is 20.2 Å². The van der Waals surface area contributed by atoms with Gasteiger partial charge in [-0.1, -0.05) is 0 Å². The van der Waals surface area contributed by atoms with Crippen LogP contribution < -0.4 is 5.48 Å². The van der Waals surface area contributed by atoms with Gasteiger partial charge >= 0.3 is 11.7 Å². The highest BCUT2D eigenvalue weighted by atomic mass is 16.8. The topological polar surface area (TPSA) is 140 Å². The molecule has 1 heterocycles. The molecule has 2 N–H and O–H groups in total. The summed E-state index contributed by atoms with van der Waals surface area (Å²) in [5, 5.41) is 31.6. The van der Waals surface area contributed by atoms with Gasteiger partial charge < -0.3 is 15.2 Å². The van der Waals surface area contributed by atoms with Gasteiger partial charge in [0.2, 0.25) is 0 Å². The van der Waals surface area contributed by atoms with Gasteiger partial charge in [-0.3, -0.25) is 10.1 Å². The molecule has 0 aromatic carbocycles. The number of hydrogen-bond donors (Lipinski definition) is 2. The Morgan fingerprint density at radius 2 is 2.17 bits per heavy atom. The zero-order chi connectivity index (χ0) is 9.35. The first-order valence-electron chi connectivity index (χ1n) is 2.51. The summed E-state index contributed by atoms with van der Waals surface area (Å²) in [7, 11) is 0. The van der Waals surface area contributed by atoms with Crippen LogP contribution in [-0.4, -0.2) is 26.6 Å². The lowest BCUT2D eigenvalue weighted by Gasteiger charge is -2.05. The first-order chi connectivity index (χ1) is 5.48. The molecule has 0 saturated carbocycles. The first-order valence-corrected chi connectivity index (χ1v) is 2.51. The van der Waals surface area contributed by atoms with Crippen LogP contribution in [0.25, 0.3) is 0 Å². The molecule has 0 fully saturated rings. The molecule has 0 aliphatic carbocycles. The minimum atomic E-state index is -3.07. The molecule has 0 bridgehead atoms. The number of nitrogens with one attached hydrogen (secondary N) is 1. The average molecular weight is 178 g/mol. The number of hydroxylamine groups is 1. The highest BCUT2D eigenvalue weighted by Gasteiger charge is 2.63. The van der Waals surface area contributed by atoms with Crippen molar-refractivity contribution in [3.63, 3.8) is 0 Å². The van der Waals surface area contributed by atoms with Crippen LogP contribution in [0.3, 0.4) is 0 Å². The van der Waals surface area contributed by atoms with E-state index < -0.39 is 21.5 Å². The van der Waals surface area contributed by atoms with Crippen LogP contribution in [0.5, 0.6) is 0 Å². The minimum Gasteiger partial charge on any atom is -0.358 e. The summed E-state index contributed by atoms with van der Waals surface area (Å²) in [6.07, 6.45) is 0. The molecule has 0 spiro atoms. The summed E-state index contributed by atoms with van der Waals surface area (Å²) in [6.45, 7) is 0. The Labute approximate surface area is 63.7 Å². The average Bonchev–Trinajstić information content (AvgIpc) is 2.32. The van der Waals surface area contributed by atoms with E-state index in [0.29, 0.717) is 0 Å². The van der Waals surface area contributed by atoms with E-state index in [1.165, 1.54) is 5.48 Å². The van der Waals surface area contributed by atoms with E-state index >= 15 is 0 Å². The maximum atomic E-state index is 10.1. The predicted octanol–water partition coefficient (Wildman–Crippen LogP) is -1.97. The fourth-order valence-electron chi connectivity index (χ4n) is 0.519. The van der Waals surface area contributed by atoms with Crippen LogP contribution in [0.15, 0.2) is 5.16 Å². The lowest BCUT2D eigenvalue weighted by Crippen LogP contribution is -2.56. The molecule has 0 saturated heterocycles. The van der Waals surface area contributed by atoms with Gasteiger partial charge in [-0.05, 0) is 4.92 Å². The fourth-order valence-corrected chi connectivity index (χ4v) is 0.519. The van der Waals surface area contributed by atoms with E-state index in [9.17, 15) is 20.2 Å². The SMILES string of the molecule is O=[N+]([O-])C1=NONC1(O)[N+](=O)[O-]. The lowest BCUT2D eigenvalue weighted by atomic mass is 10.4. The van der Waals surface area contributed by atoms with Crippen LogP contribution in [0.2, 0.25) is 0 Å². The van der Waals surface area contributed by atoms with Gasteiger partial charge in [-0.25, -0.2) is 0 Å². The number of rotatable bonds is 1. The van der Waals surface area contributed by atoms with E-state index in [2.05, 4.69) is 10.1 Å². The van der Waals surface area contributed by atoms with Gasteiger partial charge in [-0.2, -0.15) is 4.94 Å². The van der Waals surface area contributed by atoms with Crippen molar-refractivity contribution >= 4 is 5.84 Å². The van der Waals surface area contributed by atoms with E-state index in [-0.39, 0.29) is 0 Å². The van der Waals surface area contributed by atoms with Crippen LogP contribution >= 0.6 is 0 Å². The Morgan fingerprint density at radius 1 is 1.58 bits per heavy atom. The Bertz CT molecular complexity index is 273. The summed E-state index contributed by atoms with van der Waals surface area (Å²) >= 11 is 0. The maximum absolute atomic E-state index is 10.1. The fraction of sp³-hybridized carbons (Fsp3) is 0.500. The van der Waals surface area contributed by atoms with Crippen molar-refractivity contribution in [1.29, 1.82) is 0 Å². The van der Waals surface area contributed by atoms with Gasteiger partial charge in [0, 0.05) is 5.48 Å². The zero-order valence-corrected chi connectivity index (χ0v) is 5.33. The van der Waals surface area contributed by atoms with Gasteiger partial charge in [0.1, 0.15) is 0 Å². The van der Waals surface area contributed by atoms with Crippen molar-refractivity contribution in [2.75, 3.05) is 0 Å². The molecular formula is C2H2N4O6. The molecule has 0 amide bonds. The number of amidine groups is 1. The second kappa shape index (κ2) is 2.35. The molecule has 10 nitrogen and oxygen atoms in total. The number of nitro groups is 2. The quantitative estimate of drug-likeness (QED) is 0.269. The van der Waals surface area contributed by atoms with E-state index in [1.807, 2.05) is 0 Å². The molecule has 0 radical (unpaired) electrons. The van der Waals surface area contributed by atoms with Gasteiger partial charge in [0.25, 0.3) is 0 Å². The first kappa shape index (κ1) is 8.29. The third-order valence-electron chi connectivity index (χ3n) is 1.07. The van der Waals surface area contributed by atoms with Gasteiger partial charge in [-0.15, -0.1) is 0 Å². The van der Waals surface area contributed by atoms with Gasteiger partial charge in [0.15, 0.2) is 5.16 Å². The normalized spacial score (nSPS) is 27.6. The standard InChI is InChI=1S/C2H2N4O6/c7-2(6(10)11)1(5(8)9)3-12-4-2/h4,7H. The second-order valence-electron chi connectivity index (χ2n) is 1.79. The summed E-state index contributed by atoms with van der Waals surface area (Å²) in [5.41, 5.74) is 1.37. The van der Waals surface area contributed by atoms with Crippen molar-refractivity contribution in [3.05, 3.63) is 20.2 Å². The molecule has 12 heavy (non-hydrogen) atoms. The highest BCUT2D eigenvalue weighted by Crippen LogP contribution is 2.11. The highest BCUT2D eigenvalue weighted by molar-refractivity contribution is 5.80. The van der Waals surface area contributed by atoms with E-state index in [1.54, 1.807) is 0 Å². The summed E-state index contributed by atoms with van der Waals surface area (Å²) in [5.74, 6) is -4.38. The van der Waals surface area contributed by atoms with Crippen LogP contribution in [-0.2, 0) is 4.94 Å². The lowest BCUT2D eigenvalue weighted by molar-refractivity contribution is -0.628. The van der Waals surface area contributed by atoms with Crippen molar-refractivity contribution < 1.29 is 19.9 Å². The number of oxime groups is 1. The third-order valence-corrected chi connectivity index (χ3v) is 1.07. The van der Waals surface area contributed by atoms with Crippen molar-refractivity contribution in [3.8, 4) is 0 Å². The number of aliphatic hydroxyl groups is 1. The maximum Gasteiger partial charge on any atom is 0.532 e. The molecule has 1 atom stereocenters. The smallest absolute Gasteiger partial charge is 0.358 e. The van der Waals surface area contributed by atoms with Crippen molar-refractivity contribution in [2.45, 2.75) is 5.85 Å². The largest absolute Gasteiger partial charge is 0.532 e. The van der Waals surface area contributed by atoms with Crippen molar-refractivity contribution in [1.82, 2.24) is 5.48 Å². The Morgan fingerprint density at radius 3 is 2.50 bits per heavy atom. The van der Waals surface area contributed by atoms with E-state index in [4.69, 9.17) is 5.11 Å². The molecular weight excluding hydrogens is 176 g/mol. The zero-order valence-electron chi connectivity index (χ0n) is 5.33. The Balaban J connectivity index is 3.02. The number of hydrogen-bond acceptors (Lipinski definition) is 8. The molecule has 1 aliphatic rings. The van der Waals surface area contributed by atoms with Gasteiger partial charge in [0.05, 0.1) is 4.92 Å². The molecule has 1 aliphatic heterocycles. The number of nitrogens with zero attached hydrogens (tertiary/aromatic N) is 3. The molecule has 0 aromatic heterocycles. The monoisotopic (exact) mass is 178 g/mol. The van der Waals surface area contributed by atoms with Crippen LogP contribution in [0.1, 0.15) is 0 Å². The molecule has 10 heteroatoms. The summed E-state index contributed by atoms with van der Waals surface area (Å²) in [4.78, 5) is 21.3.